The van der Waals surface area contributed by atoms with Crippen LogP contribution >= 0.6 is 0 Å². The molecule has 0 bridgehead atoms. The number of amides is 3. The summed E-state index contributed by atoms with van der Waals surface area (Å²) in [4.78, 5) is 37.4. The Labute approximate surface area is 218 Å². The molecule has 3 N–H and O–H groups in total. The van der Waals surface area contributed by atoms with Gasteiger partial charge in [-0.2, -0.15) is 0 Å². The van der Waals surface area contributed by atoms with Crippen LogP contribution in [0.25, 0.3) is 11.1 Å². The van der Waals surface area contributed by atoms with E-state index < -0.39 is 6.09 Å². The molecule has 0 saturated carbocycles. The molecule has 0 atom stereocenters. The minimum absolute atomic E-state index is 0.0749. The summed E-state index contributed by atoms with van der Waals surface area (Å²) in [5, 5.41) is 8.21. The molecule has 2 aromatic carbocycles. The molecule has 0 heterocycles. The SMILES string of the molecule is CCCOCCNC(=O)c1ccc2c(c1)C(COC(=O)NC)c1cc(C(=O)NCCOCCC)ccc1-2. The third kappa shape index (κ3) is 7.53. The van der Waals surface area contributed by atoms with E-state index >= 15 is 0 Å². The van der Waals surface area contributed by atoms with Gasteiger partial charge in [-0.25, -0.2) is 4.79 Å². The predicted molar refractivity (Wildman–Crippen MR) is 141 cm³/mol. The van der Waals surface area contributed by atoms with Crippen LogP contribution < -0.4 is 16.0 Å². The molecule has 37 heavy (non-hydrogen) atoms. The highest BCUT2D eigenvalue weighted by molar-refractivity contribution is 5.98. The molecule has 0 aliphatic heterocycles. The van der Waals surface area contributed by atoms with Crippen molar-refractivity contribution in [3.05, 3.63) is 58.7 Å². The van der Waals surface area contributed by atoms with Gasteiger partial charge in [0.1, 0.15) is 6.61 Å². The average molecular weight is 512 g/mol. The topological polar surface area (TPSA) is 115 Å². The van der Waals surface area contributed by atoms with Crippen molar-refractivity contribution in [1.82, 2.24) is 16.0 Å². The molecular formula is C28H37N3O6. The molecule has 0 unspecified atom stereocenters. The van der Waals surface area contributed by atoms with Gasteiger partial charge in [0, 0.05) is 50.4 Å². The molecule has 0 radical (unpaired) electrons. The van der Waals surface area contributed by atoms with Gasteiger partial charge in [0.25, 0.3) is 11.8 Å². The Morgan fingerprint density at radius 1 is 0.757 bits per heavy atom. The van der Waals surface area contributed by atoms with Crippen molar-refractivity contribution in [3.63, 3.8) is 0 Å². The molecule has 0 spiro atoms. The second kappa shape index (κ2) is 14.3. The lowest BCUT2D eigenvalue weighted by molar-refractivity contribution is 0.0909. The lowest BCUT2D eigenvalue weighted by Crippen LogP contribution is -2.27. The molecule has 0 saturated heterocycles. The first-order valence-corrected chi connectivity index (χ1v) is 12.8. The number of rotatable bonds is 14. The van der Waals surface area contributed by atoms with Crippen LogP contribution in [0.15, 0.2) is 36.4 Å². The fraction of sp³-hybridized carbons (Fsp3) is 0.464. The zero-order valence-electron chi connectivity index (χ0n) is 21.9. The normalized spacial score (nSPS) is 12.0. The number of hydrogen-bond donors (Lipinski definition) is 3. The number of benzene rings is 2. The van der Waals surface area contributed by atoms with Gasteiger partial charge in [-0.1, -0.05) is 26.0 Å². The second-order valence-corrected chi connectivity index (χ2v) is 8.74. The molecule has 9 heteroatoms. The second-order valence-electron chi connectivity index (χ2n) is 8.74. The average Bonchev–Trinajstić information content (AvgIpc) is 3.23. The predicted octanol–water partition coefficient (Wildman–Crippen LogP) is 3.47. The van der Waals surface area contributed by atoms with E-state index in [2.05, 4.69) is 16.0 Å². The number of hydrogen-bond acceptors (Lipinski definition) is 6. The maximum absolute atomic E-state index is 12.8. The Kier molecular flexibility index (Phi) is 10.9. The third-order valence-corrected chi connectivity index (χ3v) is 6.01. The van der Waals surface area contributed by atoms with Crippen LogP contribution in [-0.2, 0) is 14.2 Å². The highest BCUT2D eigenvalue weighted by atomic mass is 16.5. The number of carbonyl (C=O) groups excluding carboxylic acids is 3. The van der Waals surface area contributed by atoms with Crippen LogP contribution in [0.1, 0.15) is 64.4 Å². The standard InChI is InChI=1S/C28H37N3O6/c1-4-12-35-14-10-30-26(32)19-6-8-21-22-9-7-20(27(33)31-11-15-36-13-5-2)17-24(22)25(23(21)16-19)18-37-28(34)29-3/h6-9,16-17,25H,4-5,10-15,18H2,1-3H3,(H,29,34)(H,30,32)(H,31,33). The van der Waals surface area contributed by atoms with Gasteiger partial charge < -0.3 is 30.2 Å². The van der Waals surface area contributed by atoms with Gasteiger partial charge >= 0.3 is 6.09 Å². The van der Waals surface area contributed by atoms with Gasteiger partial charge in [0.15, 0.2) is 0 Å². The van der Waals surface area contributed by atoms with E-state index in [4.69, 9.17) is 14.2 Å². The lowest BCUT2D eigenvalue weighted by Gasteiger charge is -2.15. The van der Waals surface area contributed by atoms with Crippen LogP contribution in [0.4, 0.5) is 4.79 Å². The maximum atomic E-state index is 12.8. The van der Waals surface area contributed by atoms with E-state index in [-0.39, 0.29) is 24.3 Å². The zero-order chi connectivity index (χ0) is 26.6. The van der Waals surface area contributed by atoms with Crippen molar-refractivity contribution < 1.29 is 28.6 Å². The first-order chi connectivity index (χ1) is 18.0. The summed E-state index contributed by atoms with van der Waals surface area (Å²) in [5.41, 5.74) is 4.67. The van der Waals surface area contributed by atoms with E-state index in [1.807, 2.05) is 38.1 Å². The molecule has 0 aromatic heterocycles. The highest BCUT2D eigenvalue weighted by Gasteiger charge is 2.31. The third-order valence-electron chi connectivity index (χ3n) is 6.01. The molecule has 9 nitrogen and oxygen atoms in total. The van der Waals surface area contributed by atoms with E-state index in [1.165, 1.54) is 7.05 Å². The number of carbonyl (C=O) groups is 3. The molecule has 2 aromatic rings. The van der Waals surface area contributed by atoms with Crippen molar-refractivity contribution in [3.8, 4) is 11.1 Å². The van der Waals surface area contributed by atoms with E-state index in [9.17, 15) is 14.4 Å². The minimum Gasteiger partial charge on any atom is -0.449 e. The Bertz CT molecular complexity index is 1010. The van der Waals surface area contributed by atoms with Crippen LogP contribution in [0.5, 0.6) is 0 Å². The van der Waals surface area contributed by atoms with E-state index in [0.29, 0.717) is 50.6 Å². The summed E-state index contributed by atoms with van der Waals surface area (Å²) in [6.45, 7) is 7.20. The highest BCUT2D eigenvalue weighted by Crippen LogP contribution is 2.45. The number of alkyl carbamates (subject to hydrolysis) is 1. The molecule has 200 valence electrons. The zero-order valence-corrected chi connectivity index (χ0v) is 21.9. The largest absolute Gasteiger partial charge is 0.449 e. The van der Waals surface area contributed by atoms with Gasteiger partial charge in [0.2, 0.25) is 0 Å². The van der Waals surface area contributed by atoms with Gasteiger partial charge in [-0.3, -0.25) is 9.59 Å². The molecular weight excluding hydrogens is 474 g/mol. The van der Waals surface area contributed by atoms with Crippen molar-refractivity contribution in [2.75, 3.05) is 53.2 Å². The van der Waals surface area contributed by atoms with Crippen LogP contribution in [-0.4, -0.2) is 71.1 Å². The Balaban J connectivity index is 1.79. The number of nitrogens with one attached hydrogen (secondary N) is 3. The first kappa shape index (κ1) is 28.1. The lowest BCUT2D eigenvalue weighted by atomic mass is 9.95. The fourth-order valence-corrected chi connectivity index (χ4v) is 4.22. The minimum atomic E-state index is -0.544. The molecule has 1 aliphatic rings. The van der Waals surface area contributed by atoms with Crippen molar-refractivity contribution in [2.45, 2.75) is 32.6 Å². The number of fused-ring (bicyclic) bond motifs is 3. The van der Waals surface area contributed by atoms with E-state index in [0.717, 1.165) is 35.1 Å². The Hall–Kier alpha value is -3.43. The van der Waals surface area contributed by atoms with Gasteiger partial charge in [-0.05, 0) is 59.4 Å². The summed E-state index contributed by atoms with van der Waals surface area (Å²) in [7, 11) is 1.50. The smallest absolute Gasteiger partial charge is 0.406 e. The molecule has 3 amide bonds. The maximum Gasteiger partial charge on any atom is 0.406 e. The Morgan fingerprint density at radius 2 is 1.24 bits per heavy atom. The summed E-state index contributed by atoms with van der Waals surface area (Å²) < 4.78 is 16.3. The molecule has 3 rings (SSSR count). The van der Waals surface area contributed by atoms with Gasteiger partial charge in [-0.15, -0.1) is 0 Å². The Morgan fingerprint density at radius 3 is 1.68 bits per heavy atom. The monoisotopic (exact) mass is 511 g/mol. The summed E-state index contributed by atoms with van der Waals surface area (Å²) in [6, 6.07) is 11.0. The number of ether oxygens (including phenoxy) is 3. The summed E-state index contributed by atoms with van der Waals surface area (Å²) in [6.07, 6.45) is 1.31. The van der Waals surface area contributed by atoms with Crippen molar-refractivity contribution >= 4 is 17.9 Å². The van der Waals surface area contributed by atoms with Crippen molar-refractivity contribution in [2.24, 2.45) is 0 Å². The summed E-state index contributed by atoms with van der Waals surface area (Å²) >= 11 is 0. The van der Waals surface area contributed by atoms with E-state index in [1.54, 1.807) is 12.1 Å². The fourth-order valence-electron chi connectivity index (χ4n) is 4.22. The quantitative estimate of drug-likeness (QED) is 0.335. The van der Waals surface area contributed by atoms with Crippen molar-refractivity contribution in [1.29, 1.82) is 0 Å². The molecule has 1 aliphatic carbocycles. The first-order valence-electron chi connectivity index (χ1n) is 12.8. The van der Waals surface area contributed by atoms with Crippen LogP contribution in [0.2, 0.25) is 0 Å². The van der Waals surface area contributed by atoms with Gasteiger partial charge in [0.05, 0.1) is 13.2 Å². The van der Waals surface area contributed by atoms with Crippen LogP contribution in [0, 0.1) is 0 Å². The van der Waals surface area contributed by atoms with Crippen LogP contribution in [0.3, 0.4) is 0 Å². The molecule has 0 fully saturated rings. The summed E-state index contributed by atoms with van der Waals surface area (Å²) in [5.74, 6) is -0.714.